The first-order chi connectivity index (χ1) is 9.25. The number of amides is 2. The van der Waals surface area contributed by atoms with Crippen molar-refractivity contribution in [1.82, 2.24) is 9.80 Å². The average Bonchev–Trinajstić information content (AvgIpc) is 2.46. The first-order valence-electron chi connectivity index (χ1n) is 7.41. The van der Waals surface area contributed by atoms with E-state index in [9.17, 15) is 9.59 Å². The lowest BCUT2D eigenvalue weighted by molar-refractivity contribution is -0.158. The Morgan fingerprint density at radius 1 is 1.11 bits per heavy atom. The van der Waals surface area contributed by atoms with E-state index in [1.165, 1.54) is 24.3 Å². The Hall–Kier alpha value is -0.710. The molecule has 106 valence electrons. The van der Waals surface area contributed by atoms with Crippen LogP contribution in [0.15, 0.2) is 0 Å². The third-order valence-corrected chi connectivity index (χ3v) is 5.61. The number of hydrogen-bond acceptors (Lipinski definition) is 3. The van der Waals surface area contributed by atoms with E-state index >= 15 is 0 Å². The first-order valence-corrected chi connectivity index (χ1v) is 8.57. The number of nitrogens with zero attached hydrogens (tertiary/aromatic N) is 2. The average molecular weight is 282 g/mol. The van der Waals surface area contributed by atoms with Crippen LogP contribution in [0.3, 0.4) is 0 Å². The lowest BCUT2D eigenvalue weighted by Gasteiger charge is -2.43. The number of fused-ring (bicyclic) bond motifs is 1. The van der Waals surface area contributed by atoms with Gasteiger partial charge in [0, 0.05) is 13.1 Å². The van der Waals surface area contributed by atoms with E-state index in [0.29, 0.717) is 12.5 Å². The van der Waals surface area contributed by atoms with Gasteiger partial charge in [0.2, 0.25) is 11.8 Å². The van der Waals surface area contributed by atoms with E-state index in [1.54, 1.807) is 0 Å². The van der Waals surface area contributed by atoms with Crippen LogP contribution in [0.2, 0.25) is 0 Å². The van der Waals surface area contributed by atoms with Gasteiger partial charge in [-0.2, -0.15) is 11.8 Å². The molecule has 19 heavy (non-hydrogen) atoms. The van der Waals surface area contributed by atoms with Crippen LogP contribution in [0.5, 0.6) is 0 Å². The highest BCUT2D eigenvalue weighted by Crippen LogP contribution is 2.27. The van der Waals surface area contributed by atoms with E-state index in [2.05, 4.69) is 0 Å². The molecule has 0 spiro atoms. The van der Waals surface area contributed by atoms with Crippen molar-refractivity contribution in [3.63, 3.8) is 0 Å². The molecule has 2 amide bonds. The number of piperazine rings is 1. The van der Waals surface area contributed by atoms with Crippen molar-refractivity contribution in [2.75, 3.05) is 31.1 Å². The fraction of sp³-hybridized carbons (Fsp3) is 0.857. The largest absolute Gasteiger partial charge is 0.331 e. The number of piperidine rings is 1. The third kappa shape index (κ3) is 2.76. The number of rotatable bonds is 2. The van der Waals surface area contributed by atoms with Gasteiger partial charge in [0.25, 0.3) is 0 Å². The summed E-state index contributed by atoms with van der Waals surface area (Å²) in [6.07, 6.45) is 5.37. The summed E-state index contributed by atoms with van der Waals surface area (Å²) < 4.78 is 0. The zero-order chi connectivity index (χ0) is 13.2. The summed E-state index contributed by atoms with van der Waals surface area (Å²) in [6, 6.07) is -0.145. The minimum Gasteiger partial charge on any atom is -0.331 e. The molecule has 0 saturated carbocycles. The Morgan fingerprint density at radius 2 is 1.89 bits per heavy atom. The van der Waals surface area contributed by atoms with Crippen molar-refractivity contribution < 1.29 is 9.59 Å². The van der Waals surface area contributed by atoms with E-state index in [4.69, 9.17) is 0 Å². The van der Waals surface area contributed by atoms with Gasteiger partial charge in [-0.15, -0.1) is 0 Å². The second kappa shape index (κ2) is 5.73. The molecule has 0 aromatic heterocycles. The molecule has 0 aliphatic carbocycles. The minimum atomic E-state index is -0.145. The lowest BCUT2D eigenvalue weighted by atomic mass is 9.96. The van der Waals surface area contributed by atoms with Crippen LogP contribution in [0, 0.1) is 5.92 Å². The summed E-state index contributed by atoms with van der Waals surface area (Å²) in [5, 5.41) is 0. The molecule has 1 atom stereocenters. The lowest BCUT2D eigenvalue weighted by Crippen LogP contribution is -2.61. The molecule has 0 radical (unpaired) electrons. The van der Waals surface area contributed by atoms with Gasteiger partial charge in [-0.25, -0.2) is 0 Å². The molecule has 0 aromatic rings. The molecule has 3 rings (SSSR count). The van der Waals surface area contributed by atoms with Gasteiger partial charge >= 0.3 is 0 Å². The molecule has 3 fully saturated rings. The van der Waals surface area contributed by atoms with Crippen molar-refractivity contribution in [1.29, 1.82) is 0 Å². The second-order valence-electron chi connectivity index (χ2n) is 5.87. The quantitative estimate of drug-likeness (QED) is 0.768. The van der Waals surface area contributed by atoms with E-state index < -0.39 is 0 Å². The number of hydrogen-bond donors (Lipinski definition) is 0. The van der Waals surface area contributed by atoms with Gasteiger partial charge in [0.1, 0.15) is 6.04 Å². The second-order valence-corrected chi connectivity index (χ2v) is 7.10. The molecule has 3 aliphatic rings. The Kier molecular flexibility index (Phi) is 4.01. The molecule has 0 aromatic carbocycles. The summed E-state index contributed by atoms with van der Waals surface area (Å²) in [5.74, 6) is 3.38. The molecule has 1 unspecified atom stereocenters. The maximum absolute atomic E-state index is 12.5. The molecule has 0 bridgehead atoms. The summed E-state index contributed by atoms with van der Waals surface area (Å²) in [6.45, 7) is 1.90. The molecular formula is C14H22N2O2S. The predicted octanol–water partition coefficient (Wildman–Crippen LogP) is 1.35. The van der Waals surface area contributed by atoms with Crippen molar-refractivity contribution in [3.05, 3.63) is 0 Å². The van der Waals surface area contributed by atoms with E-state index in [-0.39, 0.29) is 17.9 Å². The van der Waals surface area contributed by atoms with Crippen LogP contribution >= 0.6 is 11.8 Å². The monoisotopic (exact) mass is 282 g/mol. The zero-order valence-corrected chi connectivity index (χ0v) is 12.2. The van der Waals surface area contributed by atoms with E-state index in [1.807, 2.05) is 21.6 Å². The summed E-state index contributed by atoms with van der Waals surface area (Å²) >= 11 is 2.00. The van der Waals surface area contributed by atoms with Gasteiger partial charge in [-0.1, -0.05) is 0 Å². The van der Waals surface area contributed by atoms with Crippen LogP contribution in [-0.2, 0) is 9.59 Å². The van der Waals surface area contributed by atoms with Gasteiger partial charge in [-0.3, -0.25) is 9.59 Å². The van der Waals surface area contributed by atoms with Crippen LogP contribution in [-0.4, -0.2) is 58.8 Å². The highest BCUT2D eigenvalue weighted by molar-refractivity contribution is 7.99. The molecule has 5 heteroatoms. The third-order valence-electron chi connectivity index (χ3n) is 4.57. The molecule has 0 N–H and O–H groups in total. The van der Waals surface area contributed by atoms with Gasteiger partial charge in [0.05, 0.1) is 6.54 Å². The Balaban J connectivity index is 1.65. The van der Waals surface area contributed by atoms with Crippen LogP contribution in [0.4, 0.5) is 0 Å². The Bertz CT molecular complexity index is 368. The highest BCUT2D eigenvalue weighted by Gasteiger charge is 2.40. The number of carbonyl (C=O) groups is 2. The molecule has 4 nitrogen and oxygen atoms in total. The van der Waals surface area contributed by atoms with Gasteiger partial charge in [-0.05, 0) is 49.5 Å². The van der Waals surface area contributed by atoms with Gasteiger partial charge in [0.15, 0.2) is 0 Å². The highest BCUT2D eigenvalue weighted by atomic mass is 32.2. The molecule has 3 aliphatic heterocycles. The van der Waals surface area contributed by atoms with Crippen molar-refractivity contribution in [2.24, 2.45) is 5.92 Å². The Labute approximate surface area is 118 Å². The first kappa shape index (κ1) is 13.3. The van der Waals surface area contributed by atoms with Crippen LogP contribution in [0.1, 0.15) is 32.1 Å². The maximum atomic E-state index is 12.5. The fourth-order valence-electron chi connectivity index (χ4n) is 3.42. The van der Waals surface area contributed by atoms with Crippen LogP contribution in [0.25, 0.3) is 0 Å². The summed E-state index contributed by atoms with van der Waals surface area (Å²) in [4.78, 5) is 28.3. The Morgan fingerprint density at radius 3 is 2.68 bits per heavy atom. The molecular weight excluding hydrogens is 260 g/mol. The molecule has 3 saturated heterocycles. The van der Waals surface area contributed by atoms with Crippen molar-refractivity contribution in [2.45, 2.75) is 38.1 Å². The zero-order valence-electron chi connectivity index (χ0n) is 11.3. The smallest absolute Gasteiger partial charge is 0.245 e. The normalized spacial score (nSPS) is 29.6. The van der Waals surface area contributed by atoms with Crippen LogP contribution < -0.4 is 0 Å². The number of carbonyl (C=O) groups excluding carboxylic acids is 2. The minimum absolute atomic E-state index is 0.145. The summed E-state index contributed by atoms with van der Waals surface area (Å²) in [7, 11) is 0. The SMILES string of the molecule is O=C1C2CCCCN2C(=O)CN1CC1CCSCC1. The fourth-order valence-corrected chi connectivity index (χ4v) is 4.63. The van der Waals surface area contributed by atoms with Crippen molar-refractivity contribution in [3.8, 4) is 0 Å². The standard InChI is InChI=1S/C14H22N2O2S/c17-13-10-15(9-11-4-7-19-8-5-11)14(18)12-3-1-2-6-16(12)13/h11-12H,1-10H2. The van der Waals surface area contributed by atoms with E-state index in [0.717, 1.165) is 32.4 Å². The predicted molar refractivity (Wildman–Crippen MR) is 76.0 cm³/mol. The summed E-state index contributed by atoms with van der Waals surface area (Å²) in [5.41, 5.74) is 0. The molecule has 3 heterocycles. The topological polar surface area (TPSA) is 40.6 Å². The number of thioether (sulfide) groups is 1. The maximum Gasteiger partial charge on any atom is 0.245 e. The van der Waals surface area contributed by atoms with Crippen molar-refractivity contribution >= 4 is 23.6 Å². The van der Waals surface area contributed by atoms with Gasteiger partial charge < -0.3 is 9.80 Å².